The molecule has 8 heterocycles. The van der Waals surface area contributed by atoms with E-state index in [-0.39, 0.29) is 0 Å². The summed E-state index contributed by atoms with van der Waals surface area (Å²) >= 11 is 0. The minimum absolute atomic E-state index is 0.749. The van der Waals surface area contributed by atoms with E-state index in [1.54, 1.807) is 0 Å². The summed E-state index contributed by atoms with van der Waals surface area (Å²) in [6.45, 7) is 13.2. The van der Waals surface area contributed by atoms with E-state index >= 15 is 0 Å². The molecule has 0 atom stereocenters. The fourth-order valence-corrected chi connectivity index (χ4v) is 11.8. The lowest BCUT2D eigenvalue weighted by Crippen LogP contribution is -2.83. The molecule has 0 N–H and O–H groups in total. The van der Waals surface area contributed by atoms with Crippen LogP contribution in [0.15, 0.2) is 48.5 Å². The third kappa shape index (κ3) is 3.02. The van der Waals surface area contributed by atoms with E-state index < -0.39 is 6.03 Å². The molecule has 0 amide bonds. The van der Waals surface area contributed by atoms with Crippen LogP contribution in [0.4, 0.5) is 0 Å². The van der Waals surface area contributed by atoms with E-state index in [1.165, 1.54) is 33.0 Å². The number of hydrogen-bond acceptors (Lipinski definition) is 4. The van der Waals surface area contributed by atoms with Gasteiger partial charge in [-0.25, -0.2) is 19.1 Å². The molecule has 57 heavy (non-hydrogen) atoms. The topological polar surface area (TPSA) is 71.7 Å². The summed E-state index contributed by atoms with van der Waals surface area (Å²) in [5, 5.41) is 4.61. The molecule has 6 aromatic carbocycles. The molecule has 0 saturated carbocycles. The zero-order valence-corrected chi connectivity index (χ0v) is 33.5. The predicted octanol–water partition coefficient (Wildman–Crippen LogP) is 8.37. The molecule has 4 aromatic heterocycles. The lowest BCUT2D eigenvalue weighted by molar-refractivity contribution is -1.04. The molecule has 0 fully saturated rings. The van der Waals surface area contributed by atoms with Gasteiger partial charge in [0, 0.05) is 30.6 Å². The fourth-order valence-electron chi connectivity index (χ4n) is 11.8. The SMILES string of the molecule is Cc1cc2c3c(c1)-c1n(C)c4c(C)cc5cc(C)c6c7c5c4[n+]1C1(O3)Oc3c(cc(C)cc3-c(n6C)[n+]71)-c1nc3c4c(cc(C)c5c4nc-2n5C)cc(C)c3n1C. The highest BCUT2D eigenvalue weighted by atomic mass is 16.7. The molecular weight excluding hydrogens is 709 g/mol. The maximum atomic E-state index is 7.84. The molecule has 14 rings (SSSR count). The van der Waals surface area contributed by atoms with Crippen molar-refractivity contribution in [3.8, 4) is 57.1 Å². The van der Waals surface area contributed by atoms with Crippen LogP contribution in [-0.2, 0) is 34.2 Å². The van der Waals surface area contributed by atoms with Crippen LogP contribution >= 0.6 is 0 Å². The van der Waals surface area contributed by atoms with E-state index in [1.807, 2.05) is 0 Å². The van der Waals surface area contributed by atoms with Crippen molar-refractivity contribution in [2.24, 2.45) is 28.2 Å². The molecule has 10 aromatic rings. The minimum Gasteiger partial charge on any atom is -0.379 e. The number of benzene rings is 6. The van der Waals surface area contributed by atoms with Crippen LogP contribution < -0.4 is 18.6 Å². The lowest BCUT2D eigenvalue weighted by Gasteiger charge is -2.37. The van der Waals surface area contributed by atoms with Crippen molar-refractivity contribution in [2.75, 3.05) is 0 Å². The van der Waals surface area contributed by atoms with E-state index in [9.17, 15) is 0 Å². The third-order valence-electron chi connectivity index (χ3n) is 13.8. The van der Waals surface area contributed by atoms with Gasteiger partial charge in [0.25, 0.3) is 0 Å². The highest BCUT2D eigenvalue weighted by Crippen LogP contribution is 2.54. The molecule has 10 heteroatoms. The third-order valence-corrected chi connectivity index (χ3v) is 13.8. The number of hydrogen-bond donors (Lipinski definition) is 0. The highest BCUT2D eigenvalue weighted by molar-refractivity contribution is 6.20. The van der Waals surface area contributed by atoms with Gasteiger partial charge < -0.3 is 18.6 Å². The van der Waals surface area contributed by atoms with Gasteiger partial charge >= 0.3 is 17.7 Å². The van der Waals surface area contributed by atoms with Gasteiger partial charge in [-0.2, -0.15) is 0 Å². The summed E-state index contributed by atoms with van der Waals surface area (Å²) < 4.78 is 29.6. The standard InChI is InChI=1S/C47H38N8O2/c1-19-11-27-41-29(13-19)45-52(9)37-23(5)17-26-18-24(6)38-40-32(26)39(37)54(45)47(56-41)55(40)46(53(38)10)30-14-20(2)12-28(42(30)57-47)44-49-34-31-25(16-22(4)36(34)51(44)8)15-21(3)35-33(31)48-43(27)50(35)7/h11-18H,1-10H3/q+2. The van der Waals surface area contributed by atoms with Gasteiger partial charge in [-0.1, -0.05) is 0 Å². The molecular formula is C47H38N8O2+2. The van der Waals surface area contributed by atoms with Crippen LogP contribution in [0.5, 0.6) is 11.5 Å². The Kier molecular flexibility index (Phi) is 4.80. The van der Waals surface area contributed by atoms with Crippen molar-refractivity contribution in [3.63, 3.8) is 0 Å². The summed E-state index contributed by atoms with van der Waals surface area (Å²) in [6.07, 6.45) is 0. The largest absolute Gasteiger partial charge is 0.590 e. The minimum atomic E-state index is -1.47. The molecule has 276 valence electrons. The Hall–Kier alpha value is -6.68. The molecule has 0 radical (unpaired) electrons. The molecule has 4 aliphatic rings. The first-order chi connectivity index (χ1) is 27.4. The molecule has 10 nitrogen and oxygen atoms in total. The first-order valence-corrected chi connectivity index (χ1v) is 19.7. The van der Waals surface area contributed by atoms with Crippen molar-refractivity contribution in [1.82, 2.24) is 28.2 Å². The second-order valence-electron chi connectivity index (χ2n) is 17.3. The quantitative estimate of drug-likeness (QED) is 0.146. The number of rotatable bonds is 0. The second-order valence-corrected chi connectivity index (χ2v) is 17.3. The average molecular weight is 747 g/mol. The molecule has 7 bridgehead atoms. The second kappa shape index (κ2) is 8.97. The fraction of sp³-hybridized carbons (Fsp3) is 0.234. The zero-order chi connectivity index (χ0) is 38.6. The van der Waals surface area contributed by atoms with Crippen molar-refractivity contribution < 1.29 is 18.6 Å². The summed E-state index contributed by atoms with van der Waals surface area (Å²) in [7, 11) is 8.67. The Balaban J connectivity index is 1.32. The van der Waals surface area contributed by atoms with Crippen LogP contribution in [0.2, 0.25) is 0 Å². The van der Waals surface area contributed by atoms with Gasteiger partial charge in [0.2, 0.25) is 0 Å². The molecule has 1 spiro atoms. The first-order valence-electron chi connectivity index (χ1n) is 19.7. The molecule has 0 unspecified atom stereocenters. The van der Waals surface area contributed by atoms with E-state index in [4.69, 9.17) is 19.4 Å². The zero-order valence-electron chi connectivity index (χ0n) is 33.5. The average Bonchev–Trinajstić information content (AvgIpc) is 3.88. The smallest absolute Gasteiger partial charge is 0.379 e. The van der Waals surface area contributed by atoms with Gasteiger partial charge in [0.05, 0.1) is 52.7 Å². The van der Waals surface area contributed by atoms with Crippen LogP contribution in [-0.4, -0.2) is 28.2 Å². The molecule has 0 saturated heterocycles. The first kappa shape index (κ1) is 30.5. The Bertz CT molecular complexity index is 3520. The Morgan fingerprint density at radius 2 is 0.860 bits per heavy atom. The molecule has 0 aliphatic carbocycles. The lowest BCUT2D eigenvalue weighted by atomic mass is 9.98. The maximum absolute atomic E-state index is 7.84. The van der Waals surface area contributed by atoms with Crippen LogP contribution in [0.25, 0.3) is 111 Å². The number of ether oxygens (including phenoxy) is 2. The summed E-state index contributed by atoms with van der Waals surface area (Å²) in [4.78, 5) is 11.3. The summed E-state index contributed by atoms with van der Waals surface area (Å²) in [5.74, 6) is 5.23. The number of aryl methyl sites for hydroxylation is 10. The van der Waals surface area contributed by atoms with Crippen molar-refractivity contribution in [2.45, 2.75) is 47.6 Å². The number of nitrogens with zero attached hydrogens (tertiary/aromatic N) is 8. The Morgan fingerprint density at radius 3 is 1.30 bits per heavy atom. The van der Waals surface area contributed by atoms with Crippen molar-refractivity contribution >= 4 is 65.7 Å². The van der Waals surface area contributed by atoms with E-state index in [0.717, 1.165) is 123 Å². The predicted molar refractivity (Wildman–Crippen MR) is 222 cm³/mol. The Morgan fingerprint density at radius 1 is 0.474 bits per heavy atom. The monoisotopic (exact) mass is 746 g/mol. The van der Waals surface area contributed by atoms with Gasteiger partial charge in [0.1, 0.15) is 22.8 Å². The van der Waals surface area contributed by atoms with E-state index in [2.05, 4.69) is 146 Å². The van der Waals surface area contributed by atoms with Crippen LogP contribution in [0, 0.1) is 41.5 Å². The summed E-state index contributed by atoms with van der Waals surface area (Å²) in [5.41, 5.74) is 19.5. The number of fused-ring (bicyclic) bond motifs is 6. The number of aromatic nitrogens is 8. The van der Waals surface area contributed by atoms with Gasteiger partial charge in [-0.05, 0) is 123 Å². The van der Waals surface area contributed by atoms with Gasteiger partial charge in [0.15, 0.2) is 33.6 Å². The van der Waals surface area contributed by atoms with Crippen molar-refractivity contribution in [1.29, 1.82) is 0 Å². The van der Waals surface area contributed by atoms with Crippen molar-refractivity contribution in [3.05, 3.63) is 81.9 Å². The molecule has 4 aliphatic heterocycles. The Labute approximate surface area is 326 Å². The number of imidazole rings is 4. The maximum Gasteiger partial charge on any atom is 0.590 e. The van der Waals surface area contributed by atoms with Crippen LogP contribution in [0.1, 0.15) is 33.4 Å². The van der Waals surface area contributed by atoms with Gasteiger partial charge in [-0.15, -0.1) is 9.13 Å². The highest BCUT2D eigenvalue weighted by Gasteiger charge is 2.67. The summed E-state index contributed by atoms with van der Waals surface area (Å²) in [6, 6.07) is 16.8. The van der Waals surface area contributed by atoms with Crippen LogP contribution in [0.3, 0.4) is 0 Å². The van der Waals surface area contributed by atoms with Gasteiger partial charge in [-0.3, -0.25) is 0 Å². The normalized spacial score (nSPS) is 14.9. The van der Waals surface area contributed by atoms with E-state index in [0.29, 0.717) is 0 Å².